The fourth-order valence-electron chi connectivity index (χ4n) is 2.67. The number of hydrogen-bond donors (Lipinski definition) is 1. The Morgan fingerprint density at radius 1 is 1.19 bits per heavy atom. The van der Waals surface area contributed by atoms with E-state index in [0.717, 1.165) is 11.3 Å². The molecule has 8 heteroatoms. The molecule has 0 fully saturated rings. The molecule has 4 nitrogen and oxygen atoms in total. The quantitative estimate of drug-likeness (QED) is 0.510. The van der Waals surface area contributed by atoms with Crippen LogP contribution in [0.3, 0.4) is 0 Å². The van der Waals surface area contributed by atoms with E-state index in [1.807, 2.05) is 5.38 Å². The number of fused-ring (bicyclic) bond motifs is 1. The minimum absolute atomic E-state index is 0.0385. The largest absolute Gasteiger partial charge is 0.323 e. The lowest BCUT2D eigenvalue weighted by Crippen LogP contribution is -2.16. The summed E-state index contributed by atoms with van der Waals surface area (Å²) in [7, 11) is 0. The van der Waals surface area contributed by atoms with Gasteiger partial charge >= 0.3 is 0 Å². The van der Waals surface area contributed by atoms with Gasteiger partial charge in [-0.1, -0.05) is 11.6 Å². The number of thiazole rings is 1. The molecule has 2 heterocycles. The van der Waals surface area contributed by atoms with Gasteiger partial charge in [-0.15, -0.1) is 11.3 Å². The zero-order valence-electron chi connectivity index (χ0n) is 13.7. The molecule has 1 amide bonds. The van der Waals surface area contributed by atoms with Crippen molar-refractivity contribution in [3.8, 4) is 11.3 Å². The first kappa shape index (κ1) is 17.6. The van der Waals surface area contributed by atoms with Crippen LogP contribution in [0, 0.1) is 11.6 Å². The highest BCUT2D eigenvalue weighted by molar-refractivity contribution is 7.15. The van der Waals surface area contributed by atoms with Crippen molar-refractivity contribution in [3.05, 3.63) is 76.4 Å². The molecule has 0 aliphatic carbocycles. The van der Waals surface area contributed by atoms with Gasteiger partial charge in [-0.3, -0.25) is 9.20 Å². The van der Waals surface area contributed by atoms with E-state index in [4.69, 9.17) is 11.6 Å². The normalized spacial score (nSPS) is 11.1. The molecule has 0 radical (unpaired) electrons. The molecule has 1 N–H and O–H groups in total. The molecule has 4 aromatic rings. The van der Waals surface area contributed by atoms with Gasteiger partial charge in [0.15, 0.2) is 4.96 Å². The summed E-state index contributed by atoms with van der Waals surface area (Å²) >= 11 is 7.23. The summed E-state index contributed by atoms with van der Waals surface area (Å²) in [6, 6.07) is 10.0. The Kier molecular flexibility index (Phi) is 4.63. The number of carbonyl (C=O) groups excluding carboxylic acids is 1. The fourth-order valence-corrected chi connectivity index (χ4v) is 3.71. The van der Waals surface area contributed by atoms with Crippen LogP contribution in [0.25, 0.3) is 16.2 Å². The molecule has 4 rings (SSSR count). The summed E-state index contributed by atoms with van der Waals surface area (Å²) in [5.41, 5.74) is 2.22. The van der Waals surface area contributed by atoms with E-state index < -0.39 is 5.82 Å². The lowest BCUT2D eigenvalue weighted by Gasteiger charge is -2.06. The Morgan fingerprint density at radius 2 is 1.96 bits per heavy atom. The van der Waals surface area contributed by atoms with Gasteiger partial charge in [0, 0.05) is 27.9 Å². The number of hydrogen-bond acceptors (Lipinski definition) is 3. The first-order valence-electron chi connectivity index (χ1n) is 7.96. The third-order valence-corrected chi connectivity index (χ3v) is 5.09. The van der Waals surface area contributed by atoms with Crippen LogP contribution in [-0.4, -0.2) is 15.3 Å². The van der Waals surface area contributed by atoms with E-state index in [0.29, 0.717) is 15.7 Å². The van der Waals surface area contributed by atoms with E-state index in [2.05, 4.69) is 10.3 Å². The molecule has 0 aliphatic heterocycles. The standard InChI is InChI=1S/C19H12ClF2N3OS/c20-12-3-6-15(22)16(7-12)23-18(26)8-14-10-27-19-24-17(9-25(14)19)11-1-4-13(21)5-2-11/h1-7,9-10H,8H2,(H,23,26). The Hall–Kier alpha value is -2.77. The summed E-state index contributed by atoms with van der Waals surface area (Å²) < 4.78 is 28.7. The van der Waals surface area contributed by atoms with Gasteiger partial charge in [-0.05, 0) is 42.5 Å². The Balaban J connectivity index is 1.56. The van der Waals surface area contributed by atoms with Crippen molar-refractivity contribution in [3.63, 3.8) is 0 Å². The van der Waals surface area contributed by atoms with Crippen molar-refractivity contribution in [2.45, 2.75) is 6.42 Å². The average molecular weight is 404 g/mol. The number of nitrogens with zero attached hydrogens (tertiary/aromatic N) is 2. The fraction of sp³-hybridized carbons (Fsp3) is 0.0526. The first-order valence-corrected chi connectivity index (χ1v) is 9.21. The number of halogens is 3. The van der Waals surface area contributed by atoms with Crippen LogP contribution in [0.4, 0.5) is 14.5 Å². The number of carbonyl (C=O) groups is 1. The number of benzene rings is 2. The SMILES string of the molecule is O=C(Cc1csc2nc(-c3ccc(F)cc3)cn12)Nc1cc(Cl)ccc1F. The second-order valence-electron chi connectivity index (χ2n) is 5.86. The van der Waals surface area contributed by atoms with Crippen LogP contribution in [0.15, 0.2) is 54.0 Å². The van der Waals surface area contributed by atoms with Crippen LogP contribution in [-0.2, 0) is 11.2 Å². The number of amides is 1. The van der Waals surface area contributed by atoms with Crippen LogP contribution >= 0.6 is 22.9 Å². The number of aromatic nitrogens is 2. The first-order chi connectivity index (χ1) is 13.0. The molecule has 0 aliphatic rings. The van der Waals surface area contributed by atoms with Crippen molar-refractivity contribution >= 4 is 39.5 Å². The van der Waals surface area contributed by atoms with Crippen LogP contribution in [0.5, 0.6) is 0 Å². The molecule has 136 valence electrons. The molecule has 0 bridgehead atoms. The number of imidazole rings is 1. The molecule has 27 heavy (non-hydrogen) atoms. The predicted octanol–water partition coefficient (Wildman–Crippen LogP) is 5.18. The van der Waals surface area contributed by atoms with Gasteiger partial charge < -0.3 is 5.32 Å². The predicted molar refractivity (Wildman–Crippen MR) is 102 cm³/mol. The van der Waals surface area contributed by atoms with E-state index in [-0.39, 0.29) is 23.8 Å². The van der Waals surface area contributed by atoms with Gasteiger partial charge in [0.05, 0.1) is 17.8 Å². The number of nitrogens with one attached hydrogen (secondary N) is 1. The average Bonchev–Trinajstić information content (AvgIpc) is 3.21. The minimum atomic E-state index is -0.551. The highest BCUT2D eigenvalue weighted by atomic mass is 35.5. The Morgan fingerprint density at radius 3 is 2.74 bits per heavy atom. The maximum absolute atomic E-state index is 13.8. The zero-order chi connectivity index (χ0) is 19.0. The Labute approximate surface area is 162 Å². The topological polar surface area (TPSA) is 46.4 Å². The molecular formula is C19H12ClF2N3OS. The highest BCUT2D eigenvalue weighted by Gasteiger charge is 2.14. The van der Waals surface area contributed by atoms with E-state index in [1.165, 1.54) is 41.7 Å². The molecule has 2 aromatic heterocycles. The van der Waals surface area contributed by atoms with Gasteiger partial charge in [0.25, 0.3) is 0 Å². The van der Waals surface area contributed by atoms with Crippen LogP contribution in [0.1, 0.15) is 5.69 Å². The number of rotatable bonds is 4. The van der Waals surface area contributed by atoms with Crippen molar-refractivity contribution in [2.24, 2.45) is 0 Å². The van der Waals surface area contributed by atoms with Gasteiger partial charge in [-0.2, -0.15) is 0 Å². The second kappa shape index (κ2) is 7.09. The molecule has 0 spiro atoms. The second-order valence-corrected chi connectivity index (χ2v) is 7.13. The van der Waals surface area contributed by atoms with Crippen LogP contribution in [0.2, 0.25) is 5.02 Å². The van der Waals surface area contributed by atoms with Crippen molar-refractivity contribution < 1.29 is 13.6 Å². The Bertz CT molecular complexity index is 1140. The molecule has 0 saturated heterocycles. The lowest BCUT2D eigenvalue weighted by atomic mass is 10.2. The van der Waals surface area contributed by atoms with Gasteiger partial charge in [0.1, 0.15) is 11.6 Å². The summed E-state index contributed by atoms with van der Waals surface area (Å²) in [6.07, 6.45) is 1.84. The third kappa shape index (κ3) is 3.70. The molecule has 2 aromatic carbocycles. The molecule has 0 atom stereocenters. The molecular weight excluding hydrogens is 392 g/mol. The van der Waals surface area contributed by atoms with Gasteiger partial charge in [0.2, 0.25) is 5.91 Å². The summed E-state index contributed by atoms with van der Waals surface area (Å²) in [6.45, 7) is 0. The van der Waals surface area contributed by atoms with E-state index >= 15 is 0 Å². The summed E-state index contributed by atoms with van der Waals surface area (Å²) in [5.74, 6) is -1.23. The smallest absolute Gasteiger partial charge is 0.230 e. The van der Waals surface area contributed by atoms with Crippen LogP contribution < -0.4 is 5.32 Å². The van der Waals surface area contributed by atoms with Gasteiger partial charge in [-0.25, -0.2) is 13.8 Å². The maximum atomic E-state index is 13.8. The monoisotopic (exact) mass is 403 g/mol. The maximum Gasteiger partial charge on any atom is 0.230 e. The summed E-state index contributed by atoms with van der Waals surface area (Å²) in [5, 5.41) is 4.69. The molecule has 0 unspecified atom stereocenters. The van der Waals surface area contributed by atoms with E-state index in [1.54, 1.807) is 22.7 Å². The third-order valence-electron chi connectivity index (χ3n) is 3.97. The summed E-state index contributed by atoms with van der Waals surface area (Å²) in [4.78, 5) is 17.5. The minimum Gasteiger partial charge on any atom is -0.323 e. The van der Waals surface area contributed by atoms with E-state index in [9.17, 15) is 13.6 Å². The molecule has 0 saturated carbocycles. The lowest BCUT2D eigenvalue weighted by molar-refractivity contribution is -0.115. The van der Waals surface area contributed by atoms with Crippen molar-refractivity contribution in [1.82, 2.24) is 9.38 Å². The van der Waals surface area contributed by atoms with Crippen molar-refractivity contribution in [2.75, 3.05) is 5.32 Å². The highest BCUT2D eigenvalue weighted by Crippen LogP contribution is 2.25. The zero-order valence-corrected chi connectivity index (χ0v) is 15.3. The number of anilines is 1. The van der Waals surface area contributed by atoms with Crippen molar-refractivity contribution in [1.29, 1.82) is 0 Å².